The summed E-state index contributed by atoms with van der Waals surface area (Å²) in [5.74, 6) is 0.677. The van der Waals surface area contributed by atoms with Gasteiger partial charge in [0.15, 0.2) is 6.29 Å². The molecule has 2 unspecified atom stereocenters. The number of carbonyl (C=O) groups is 1. The zero-order valence-electron chi connectivity index (χ0n) is 17.2. The number of rotatable bonds is 11. The van der Waals surface area contributed by atoms with E-state index in [9.17, 15) is 9.90 Å². The van der Waals surface area contributed by atoms with Crippen molar-refractivity contribution in [1.29, 1.82) is 0 Å². The summed E-state index contributed by atoms with van der Waals surface area (Å²) in [5, 5.41) is 10.5. The van der Waals surface area contributed by atoms with Crippen LogP contribution in [-0.4, -0.2) is 43.3 Å². The van der Waals surface area contributed by atoms with E-state index in [-0.39, 0.29) is 68.5 Å². The molecule has 2 fully saturated rings. The van der Waals surface area contributed by atoms with Crippen LogP contribution in [0.1, 0.15) is 84.0 Å². The Kier molecular flexibility index (Phi) is 14.1. The van der Waals surface area contributed by atoms with Gasteiger partial charge in [0.05, 0.1) is 19.3 Å². The second-order valence-electron chi connectivity index (χ2n) is 7.89. The summed E-state index contributed by atoms with van der Waals surface area (Å²) in [6, 6.07) is 0. The SMILES string of the molecule is CC[C@@H]1C(CCCCCCCC(=O)OC)[C@@H](O)C[C@H]1OC1CCCCO1.[Ac]. The maximum absolute atomic E-state index is 11.1. The Labute approximate surface area is 200 Å². The second kappa shape index (κ2) is 14.7. The molecule has 1 saturated heterocycles. The number of aliphatic hydroxyl groups excluding tert-OH is 1. The summed E-state index contributed by atoms with van der Waals surface area (Å²) in [6.45, 7) is 3.01. The Morgan fingerprint density at radius 3 is 2.52 bits per heavy atom. The molecular weight excluding hydrogens is 559 g/mol. The molecule has 6 heteroatoms. The zero-order valence-corrected chi connectivity index (χ0v) is 22.0. The molecule has 5 atom stereocenters. The van der Waals surface area contributed by atoms with Crippen molar-refractivity contribution in [3.63, 3.8) is 0 Å². The summed E-state index contributed by atoms with van der Waals surface area (Å²) in [7, 11) is 1.44. The monoisotopic (exact) mass is 597 g/mol. The minimum absolute atomic E-state index is 0. The first-order valence-electron chi connectivity index (χ1n) is 10.7. The van der Waals surface area contributed by atoms with Gasteiger partial charge in [-0.25, -0.2) is 0 Å². The Bertz CT molecular complexity index is 400. The van der Waals surface area contributed by atoms with Crippen molar-refractivity contribution in [2.75, 3.05) is 13.7 Å². The maximum atomic E-state index is 11.1. The molecule has 1 aliphatic heterocycles. The van der Waals surface area contributed by atoms with Gasteiger partial charge in [0.1, 0.15) is 0 Å². The van der Waals surface area contributed by atoms with Crippen molar-refractivity contribution < 1.29 is 68.2 Å². The van der Waals surface area contributed by atoms with Crippen LogP contribution >= 0.6 is 0 Å². The van der Waals surface area contributed by atoms with E-state index in [0.29, 0.717) is 18.3 Å². The fourth-order valence-corrected chi connectivity index (χ4v) is 4.57. The number of carbonyl (C=O) groups excluding carboxylic acids is 1. The van der Waals surface area contributed by atoms with Gasteiger partial charge in [-0.1, -0.05) is 39.0 Å². The van der Waals surface area contributed by atoms with E-state index >= 15 is 0 Å². The van der Waals surface area contributed by atoms with Gasteiger partial charge in [-0.05, 0) is 43.9 Å². The third-order valence-corrected chi connectivity index (χ3v) is 6.08. The van der Waals surface area contributed by atoms with Crippen molar-refractivity contribution in [3.05, 3.63) is 0 Å². The zero-order chi connectivity index (χ0) is 18.8. The molecule has 5 nitrogen and oxygen atoms in total. The van der Waals surface area contributed by atoms with Crippen LogP contribution in [0.4, 0.5) is 0 Å². The molecular formula is C21H38AcO5. The summed E-state index contributed by atoms with van der Waals surface area (Å²) in [6.07, 6.45) is 12.0. The molecule has 1 aliphatic carbocycles. The Balaban J connectivity index is 0.00000364. The van der Waals surface area contributed by atoms with Crippen molar-refractivity contribution in [2.24, 2.45) is 11.8 Å². The third-order valence-electron chi connectivity index (χ3n) is 6.08. The van der Waals surface area contributed by atoms with Crippen LogP contribution in [0.15, 0.2) is 0 Å². The molecule has 1 heterocycles. The van der Waals surface area contributed by atoms with E-state index in [4.69, 9.17) is 9.47 Å². The topological polar surface area (TPSA) is 65.0 Å². The molecule has 0 spiro atoms. The molecule has 1 radical (unpaired) electrons. The second-order valence-corrected chi connectivity index (χ2v) is 7.89. The van der Waals surface area contributed by atoms with Gasteiger partial charge in [-0.3, -0.25) is 4.79 Å². The largest absolute Gasteiger partial charge is 0.469 e. The quantitative estimate of drug-likeness (QED) is 0.286. The minimum Gasteiger partial charge on any atom is -0.469 e. The smallest absolute Gasteiger partial charge is 0.305 e. The number of methoxy groups -OCH3 is 1. The maximum Gasteiger partial charge on any atom is 0.305 e. The first-order valence-corrected chi connectivity index (χ1v) is 10.7. The van der Waals surface area contributed by atoms with Crippen molar-refractivity contribution in [2.45, 2.75) is 102 Å². The molecule has 0 aromatic heterocycles. The van der Waals surface area contributed by atoms with Crippen LogP contribution in [0.25, 0.3) is 0 Å². The number of esters is 1. The molecule has 27 heavy (non-hydrogen) atoms. The van der Waals surface area contributed by atoms with E-state index in [0.717, 1.165) is 70.8 Å². The van der Waals surface area contributed by atoms with Crippen LogP contribution in [0.2, 0.25) is 0 Å². The van der Waals surface area contributed by atoms with Crippen molar-refractivity contribution in [1.82, 2.24) is 0 Å². The fourth-order valence-electron chi connectivity index (χ4n) is 4.57. The van der Waals surface area contributed by atoms with Gasteiger partial charge in [0.2, 0.25) is 0 Å². The van der Waals surface area contributed by atoms with Gasteiger partial charge in [0, 0.05) is 63.5 Å². The number of aliphatic hydroxyl groups is 1. The van der Waals surface area contributed by atoms with Crippen LogP contribution in [0, 0.1) is 55.9 Å². The standard InChI is InChI=1S/C21H38O5.Ac/c1-3-16-17(11-7-5-4-6-8-12-20(23)24-2)18(22)15-19(16)26-21-13-9-10-14-25-21;/h16-19,21-22H,3-15H2,1-2H3;/t16-,17?,18+,19-,21?;/m1./s1. The summed E-state index contributed by atoms with van der Waals surface area (Å²) >= 11 is 0. The van der Waals surface area contributed by atoms with Crippen LogP contribution in [0.5, 0.6) is 0 Å². The molecule has 0 bridgehead atoms. The molecule has 2 rings (SSSR count). The van der Waals surface area contributed by atoms with Crippen LogP contribution in [-0.2, 0) is 19.0 Å². The normalized spacial score (nSPS) is 30.7. The molecule has 1 saturated carbocycles. The number of unbranched alkanes of at least 4 members (excludes halogenated alkanes) is 4. The van der Waals surface area contributed by atoms with Crippen molar-refractivity contribution >= 4 is 5.97 Å². The third kappa shape index (κ3) is 8.99. The first-order chi connectivity index (χ1) is 12.7. The number of hydrogen-bond acceptors (Lipinski definition) is 5. The molecule has 0 aromatic carbocycles. The van der Waals surface area contributed by atoms with Crippen LogP contribution < -0.4 is 0 Å². The van der Waals surface area contributed by atoms with E-state index in [1.165, 1.54) is 13.5 Å². The predicted molar refractivity (Wildman–Crippen MR) is 101 cm³/mol. The summed E-state index contributed by atoms with van der Waals surface area (Å²) in [5.41, 5.74) is 0. The average molecular weight is 598 g/mol. The van der Waals surface area contributed by atoms with E-state index < -0.39 is 0 Å². The van der Waals surface area contributed by atoms with Crippen molar-refractivity contribution in [3.8, 4) is 0 Å². The molecule has 0 aromatic rings. The van der Waals surface area contributed by atoms with Gasteiger partial charge < -0.3 is 19.3 Å². The Morgan fingerprint density at radius 1 is 1.11 bits per heavy atom. The molecule has 2 aliphatic rings. The van der Waals surface area contributed by atoms with Gasteiger partial charge in [0.25, 0.3) is 0 Å². The Hall–Kier alpha value is 0.792. The summed E-state index contributed by atoms with van der Waals surface area (Å²) in [4.78, 5) is 11.1. The number of hydrogen-bond donors (Lipinski definition) is 1. The van der Waals surface area contributed by atoms with Gasteiger partial charge >= 0.3 is 5.97 Å². The van der Waals surface area contributed by atoms with E-state index in [1.54, 1.807) is 0 Å². The van der Waals surface area contributed by atoms with Gasteiger partial charge in [-0.2, -0.15) is 0 Å². The van der Waals surface area contributed by atoms with E-state index in [1.807, 2.05) is 0 Å². The van der Waals surface area contributed by atoms with Crippen LogP contribution in [0.3, 0.4) is 0 Å². The molecule has 1 N–H and O–H groups in total. The molecule has 155 valence electrons. The first kappa shape index (κ1) is 25.8. The molecule has 0 amide bonds. The predicted octanol–water partition coefficient (Wildman–Crippen LogP) is 4.21. The average Bonchev–Trinajstić information content (AvgIpc) is 2.95. The minimum atomic E-state index is -0.243. The number of ether oxygens (including phenoxy) is 3. The fraction of sp³-hybridized carbons (Fsp3) is 0.952. The van der Waals surface area contributed by atoms with E-state index in [2.05, 4.69) is 11.7 Å². The summed E-state index contributed by atoms with van der Waals surface area (Å²) < 4.78 is 16.6. The Morgan fingerprint density at radius 2 is 1.85 bits per heavy atom. The van der Waals surface area contributed by atoms with Gasteiger partial charge in [-0.15, -0.1) is 0 Å².